The van der Waals surface area contributed by atoms with Crippen LogP contribution in [0.15, 0.2) is 6.20 Å². The number of anilines is 1. The molecule has 1 aromatic heterocycles. The van der Waals surface area contributed by atoms with Crippen molar-refractivity contribution in [2.24, 2.45) is 0 Å². The Balaban J connectivity index is 2.25. The molecule has 0 unspecified atom stereocenters. The Kier molecular flexibility index (Phi) is 4.22. The van der Waals surface area contributed by atoms with Crippen LogP contribution in [-0.4, -0.2) is 22.5 Å². The first kappa shape index (κ1) is 11.3. The molecule has 0 fully saturated rings. The Bertz CT molecular complexity index is 266. The van der Waals surface area contributed by atoms with Crippen molar-refractivity contribution >= 4 is 17.4 Å². The fourth-order valence-electron chi connectivity index (χ4n) is 1.07. The molecule has 80 valence electrons. The maximum atomic E-state index is 5.75. The first-order chi connectivity index (χ1) is 6.59. The number of nitrogen functional groups attached to an aromatic ring is 1. The van der Waals surface area contributed by atoms with E-state index >= 15 is 0 Å². The van der Waals surface area contributed by atoms with Crippen molar-refractivity contribution in [1.82, 2.24) is 9.78 Å². The molecule has 0 bridgehead atoms. The van der Waals surface area contributed by atoms with Crippen LogP contribution in [0.25, 0.3) is 0 Å². The number of rotatable bonds is 5. The number of hydrogen-bond acceptors (Lipinski definition) is 3. The normalized spacial score (nSPS) is 11.1. The molecule has 0 amide bonds. The van der Waals surface area contributed by atoms with Crippen LogP contribution < -0.4 is 5.73 Å². The number of ether oxygens (including phenoxy) is 1. The first-order valence-electron chi connectivity index (χ1n) is 4.69. The van der Waals surface area contributed by atoms with Crippen molar-refractivity contribution in [1.29, 1.82) is 0 Å². The molecular formula is C9H16ClN3O. The zero-order chi connectivity index (χ0) is 10.6. The van der Waals surface area contributed by atoms with Crippen LogP contribution in [0.2, 0.25) is 5.02 Å². The summed E-state index contributed by atoms with van der Waals surface area (Å²) in [5, 5.41) is 4.54. The number of aryl methyl sites for hydroxylation is 1. The van der Waals surface area contributed by atoms with E-state index in [1.807, 2.05) is 13.8 Å². The van der Waals surface area contributed by atoms with Gasteiger partial charge in [0.25, 0.3) is 0 Å². The molecule has 1 rings (SSSR count). The van der Waals surface area contributed by atoms with E-state index in [1.54, 1.807) is 10.9 Å². The fraction of sp³-hybridized carbons (Fsp3) is 0.667. The van der Waals surface area contributed by atoms with Crippen LogP contribution in [0.1, 0.15) is 20.3 Å². The zero-order valence-corrected chi connectivity index (χ0v) is 9.29. The van der Waals surface area contributed by atoms with Crippen LogP contribution in [0, 0.1) is 0 Å². The van der Waals surface area contributed by atoms with Gasteiger partial charge in [-0.3, -0.25) is 4.68 Å². The molecule has 0 atom stereocenters. The lowest BCUT2D eigenvalue weighted by Gasteiger charge is -2.06. The monoisotopic (exact) mass is 217 g/mol. The minimum absolute atomic E-state index is 0.279. The number of aromatic nitrogens is 2. The maximum Gasteiger partial charge on any atom is 0.164 e. The average molecular weight is 218 g/mol. The van der Waals surface area contributed by atoms with Gasteiger partial charge in [0.1, 0.15) is 5.02 Å². The highest BCUT2D eigenvalue weighted by atomic mass is 35.5. The van der Waals surface area contributed by atoms with Gasteiger partial charge < -0.3 is 10.5 Å². The molecule has 0 saturated heterocycles. The van der Waals surface area contributed by atoms with E-state index < -0.39 is 0 Å². The van der Waals surface area contributed by atoms with Crippen LogP contribution in [0.5, 0.6) is 0 Å². The molecule has 0 aliphatic carbocycles. The highest BCUT2D eigenvalue weighted by molar-refractivity contribution is 6.32. The predicted molar refractivity (Wildman–Crippen MR) is 57.4 cm³/mol. The minimum Gasteiger partial charge on any atom is -0.381 e. The van der Waals surface area contributed by atoms with E-state index in [0.717, 1.165) is 19.6 Å². The second-order valence-electron chi connectivity index (χ2n) is 3.40. The van der Waals surface area contributed by atoms with E-state index in [0.29, 0.717) is 10.8 Å². The Labute approximate surface area is 89.0 Å². The summed E-state index contributed by atoms with van der Waals surface area (Å²) < 4.78 is 7.13. The molecule has 1 heterocycles. The third-order valence-corrected chi connectivity index (χ3v) is 2.02. The third-order valence-electron chi connectivity index (χ3n) is 1.73. The van der Waals surface area contributed by atoms with E-state index in [9.17, 15) is 0 Å². The molecule has 4 nitrogen and oxygen atoms in total. The number of nitrogens with zero attached hydrogens (tertiary/aromatic N) is 2. The van der Waals surface area contributed by atoms with E-state index in [-0.39, 0.29) is 6.10 Å². The van der Waals surface area contributed by atoms with Crippen molar-refractivity contribution in [3.8, 4) is 0 Å². The third kappa shape index (κ3) is 3.55. The minimum atomic E-state index is 0.279. The zero-order valence-electron chi connectivity index (χ0n) is 8.53. The molecule has 2 N–H and O–H groups in total. The van der Waals surface area contributed by atoms with Crippen molar-refractivity contribution in [3.63, 3.8) is 0 Å². The molecule has 0 radical (unpaired) electrons. The Hall–Kier alpha value is -0.740. The van der Waals surface area contributed by atoms with E-state index in [4.69, 9.17) is 22.1 Å². The molecule has 0 aliphatic rings. The summed E-state index contributed by atoms with van der Waals surface area (Å²) in [6.07, 6.45) is 2.92. The van der Waals surface area contributed by atoms with E-state index in [1.165, 1.54) is 0 Å². The summed E-state index contributed by atoms with van der Waals surface area (Å²) in [6.45, 7) is 5.55. The number of nitrogens with two attached hydrogens (primary N) is 1. The van der Waals surface area contributed by atoms with Gasteiger partial charge in [-0.25, -0.2) is 0 Å². The van der Waals surface area contributed by atoms with Crippen LogP contribution in [0.3, 0.4) is 0 Å². The number of hydrogen-bond donors (Lipinski definition) is 1. The molecule has 0 aliphatic heterocycles. The van der Waals surface area contributed by atoms with E-state index in [2.05, 4.69) is 5.10 Å². The SMILES string of the molecule is CC(C)OCCCn1cc(Cl)c(N)n1. The van der Waals surface area contributed by atoms with Gasteiger partial charge in [-0.15, -0.1) is 0 Å². The van der Waals surface area contributed by atoms with Crippen LogP contribution in [-0.2, 0) is 11.3 Å². The lowest BCUT2D eigenvalue weighted by atomic mass is 10.4. The summed E-state index contributed by atoms with van der Waals surface area (Å²) in [5.74, 6) is 0.386. The van der Waals surface area contributed by atoms with Crippen molar-refractivity contribution in [3.05, 3.63) is 11.2 Å². The molecule has 0 aromatic carbocycles. The summed E-state index contributed by atoms with van der Waals surface area (Å²) in [4.78, 5) is 0. The largest absolute Gasteiger partial charge is 0.381 e. The fourth-order valence-corrected chi connectivity index (χ4v) is 1.22. The van der Waals surface area contributed by atoms with Crippen molar-refractivity contribution < 1.29 is 4.74 Å². The predicted octanol–water partition coefficient (Wildman–Crippen LogP) is 1.93. The van der Waals surface area contributed by atoms with Gasteiger partial charge in [-0.1, -0.05) is 11.6 Å². The molecule has 5 heteroatoms. The standard InChI is InChI=1S/C9H16ClN3O/c1-7(2)14-5-3-4-13-6-8(10)9(11)12-13/h6-7H,3-5H2,1-2H3,(H2,11,12). The Morgan fingerprint density at radius 2 is 2.36 bits per heavy atom. The smallest absolute Gasteiger partial charge is 0.164 e. The quantitative estimate of drug-likeness (QED) is 0.767. The second-order valence-corrected chi connectivity index (χ2v) is 3.81. The molecule has 1 aromatic rings. The van der Waals surface area contributed by atoms with Gasteiger partial charge in [-0.05, 0) is 20.3 Å². The Morgan fingerprint density at radius 1 is 1.64 bits per heavy atom. The van der Waals surface area contributed by atoms with Gasteiger partial charge in [0.15, 0.2) is 5.82 Å². The first-order valence-corrected chi connectivity index (χ1v) is 5.07. The van der Waals surface area contributed by atoms with Crippen molar-refractivity contribution in [2.75, 3.05) is 12.3 Å². The van der Waals surface area contributed by atoms with Crippen LogP contribution in [0.4, 0.5) is 5.82 Å². The summed E-state index contributed by atoms with van der Waals surface area (Å²) >= 11 is 5.75. The van der Waals surface area contributed by atoms with Gasteiger partial charge in [-0.2, -0.15) is 5.10 Å². The number of halogens is 1. The summed E-state index contributed by atoms with van der Waals surface area (Å²) in [7, 11) is 0. The molecule has 0 spiro atoms. The summed E-state index contributed by atoms with van der Waals surface area (Å²) in [6, 6.07) is 0. The highest BCUT2D eigenvalue weighted by Gasteiger charge is 2.02. The Morgan fingerprint density at radius 3 is 2.86 bits per heavy atom. The average Bonchev–Trinajstić information content (AvgIpc) is 2.40. The second kappa shape index (κ2) is 5.22. The lowest BCUT2D eigenvalue weighted by Crippen LogP contribution is -2.07. The lowest BCUT2D eigenvalue weighted by molar-refractivity contribution is 0.0743. The van der Waals surface area contributed by atoms with Gasteiger partial charge in [0.2, 0.25) is 0 Å². The molecule has 0 saturated carbocycles. The van der Waals surface area contributed by atoms with Gasteiger partial charge in [0.05, 0.1) is 6.10 Å². The van der Waals surface area contributed by atoms with Crippen molar-refractivity contribution in [2.45, 2.75) is 32.9 Å². The molecular weight excluding hydrogens is 202 g/mol. The molecule has 14 heavy (non-hydrogen) atoms. The maximum absolute atomic E-state index is 5.75. The summed E-state index contributed by atoms with van der Waals surface area (Å²) in [5.41, 5.74) is 5.50. The highest BCUT2D eigenvalue weighted by Crippen LogP contribution is 2.15. The van der Waals surface area contributed by atoms with Gasteiger partial charge in [0, 0.05) is 19.3 Å². The van der Waals surface area contributed by atoms with Gasteiger partial charge >= 0.3 is 0 Å². The topological polar surface area (TPSA) is 53.1 Å². The van der Waals surface area contributed by atoms with Crippen LogP contribution >= 0.6 is 11.6 Å².